The van der Waals surface area contributed by atoms with Crippen LogP contribution in [0.15, 0.2) is 24.3 Å². The quantitative estimate of drug-likeness (QED) is 0.846. The molecule has 3 nitrogen and oxygen atoms in total. The first-order valence-corrected chi connectivity index (χ1v) is 8.82. The van der Waals surface area contributed by atoms with Crippen LogP contribution in [0.3, 0.4) is 0 Å². The van der Waals surface area contributed by atoms with E-state index in [4.69, 9.17) is 0 Å². The molecule has 2 fully saturated rings. The van der Waals surface area contributed by atoms with E-state index in [0.717, 1.165) is 24.9 Å². The Kier molecular flexibility index (Phi) is 5.14. The molecule has 1 aliphatic heterocycles. The minimum Gasteiger partial charge on any atom is -0.339 e. The Bertz CT molecular complexity index is 485. The van der Waals surface area contributed by atoms with Crippen LogP contribution in [0.25, 0.3) is 0 Å². The summed E-state index contributed by atoms with van der Waals surface area (Å²) < 4.78 is 0. The fourth-order valence-corrected chi connectivity index (χ4v) is 3.79. The molecule has 0 N–H and O–H groups in total. The number of likely N-dealkylation sites (tertiary alicyclic amines) is 1. The number of nitrogens with zero attached hydrogens (tertiary/aromatic N) is 2. The second kappa shape index (κ2) is 7.28. The lowest BCUT2D eigenvalue weighted by atomic mass is 9.94. The largest absolute Gasteiger partial charge is 0.339 e. The molecule has 0 spiro atoms. The molecule has 1 heterocycles. The van der Waals surface area contributed by atoms with Crippen LogP contribution < -0.4 is 0 Å². The van der Waals surface area contributed by atoms with Crippen LogP contribution in [-0.4, -0.2) is 41.9 Å². The molecule has 3 heteroatoms. The highest BCUT2D eigenvalue weighted by Crippen LogP contribution is 2.23. The lowest BCUT2D eigenvalue weighted by Crippen LogP contribution is -2.38. The monoisotopic (exact) mass is 300 g/mol. The Labute approximate surface area is 134 Å². The van der Waals surface area contributed by atoms with Gasteiger partial charge in [0.1, 0.15) is 0 Å². The number of benzene rings is 1. The van der Waals surface area contributed by atoms with Gasteiger partial charge in [-0.25, -0.2) is 0 Å². The average Bonchev–Trinajstić information content (AvgIpc) is 3.08. The Morgan fingerprint density at radius 1 is 1.05 bits per heavy atom. The summed E-state index contributed by atoms with van der Waals surface area (Å²) in [4.78, 5) is 17.1. The summed E-state index contributed by atoms with van der Waals surface area (Å²) in [7, 11) is 1.97. The molecule has 1 aliphatic carbocycles. The first-order chi connectivity index (χ1) is 10.7. The summed E-state index contributed by atoms with van der Waals surface area (Å²) in [6.45, 7) is 3.45. The predicted molar refractivity (Wildman–Crippen MR) is 89.9 cm³/mol. The van der Waals surface area contributed by atoms with Gasteiger partial charge in [0.2, 0.25) is 0 Å². The number of carbonyl (C=O) groups excluding carboxylic acids is 1. The zero-order valence-electron chi connectivity index (χ0n) is 13.8. The maximum Gasteiger partial charge on any atom is 0.253 e. The summed E-state index contributed by atoms with van der Waals surface area (Å²) in [5.74, 6) is 0.180. The summed E-state index contributed by atoms with van der Waals surface area (Å²) in [5.41, 5.74) is 2.15. The van der Waals surface area contributed by atoms with E-state index in [-0.39, 0.29) is 5.91 Å². The Morgan fingerprint density at radius 2 is 1.68 bits per heavy atom. The molecule has 1 aromatic rings. The van der Waals surface area contributed by atoms with Crippen LogP contribution in [0.5, 0.6) is 0 Å². The molecule has 0 unspecified atom stereocenters. The molecule has 1 saturated carbocycles. The molecule has 0 atom stereocenters. The SMILES string of the molecule is CN(C(=O)c1ccc(CN2CCCC2)cc1)C1CCCCC1. The lowest BCUT2D eigenvalue weighted by molar-refractivity contribution is 0.0696. The number of rotatable bonds is 4. The molecule has 1 aromatic carbocycles. The van der Waals surface area contributed by atoms with Crippen molar-refractivity contribution in [3.63, 3.8) is 0 Å². The van der Waals surface area contributed by atoms with Crippen molar-refractivity contribution in [2.75, 3.05) is 20.1 Å². The van der Waals surface area contributed by atoms with Crippen molar-refractivity contribution in [1.29, 1.82) is 0 Å². The van der Waals surface area contributed by atoms with Crippen molar-refractivity contribution in [2.24, 2.45) is 0 Å². The predicted octanol–water partition coefficient (Wildman–Crippen LogP) is 3.69. The number of hydrogen-bond acceptors (Lipinski definition) is 2. The minimum absolute atomic E-state index is 0.180. The maximum atomic E-state index is 12.6. The van der Waals surface area contributed by atoms with Crippen LogP contribution in [0, 0.1) is 0 Å². The van der Waals surface area contributed by atoms with Gasteiger partial charge in [0.05, 0.1) is 0 Å². The van der Waals surface area contributed by atoms with Gasteiger partial charge in [-0.15, -0.1) is 0 Å². The molecular formula is C19H28N2O. The first-order valence-electron chi connectivity index (χ1n) is 8.82. The smallest absolute Gasteiger partial charge is 0.253 e. The average molecular weight is 300 g/mol. The van der Waals surface area contributed by atoms with Gasteiger partial charge in [-0.2, -0.15) is 0 Å². The van der Waals surface area contributed by atoms with E-state index in [9.17, 15) is 4.79 Å². The van der Waals surface area contributed by atoms with Gasteiger partial charge in [0, 0.05) is 25.2 Å². The third-order valence-corrected chi connectivity index (χ3v) is 5.25. The highest BCUT2D eigenvalue weighted by Gasteiger charge is 2.23. The van der Waals surface area contributed by atoms with E-state index in [1.807, 2.05) is 24.1 Å². The maximum absolute atomic E-state index is 12.6. The first kappa shape index (κ1) is 15.5. The van der Waals surface area contributed by atoms with Crippen molar-refractivity contribution in [3.05, 3.63) is 35.4 Å². The van der Waals surface area contributed by atoms with Crippen LogP contribution in [0.1, 0.15) is 60.9 Å². The van der Waals surface area contributed by atoms with E-state index < -0.39 is 0 Å². The van der Waals surface area contributed by atoms with Crippen LogP contribution in [-0.2, 0) is 6.54 Å². The van der Waals surface area contributed by atoms with Gasteiger partial charge in [0.25, 0.3) is 5.91 Å². The topological polar surface area (TPSA) is 23.6 Å². The molecule has 2 aliphatic rings. The molecule has 3 rings (SSSR count). The third-order valence-electron chi connectivity index (χ3n) is 5.25. The molecular weight excluding hydrogens is 272 g/mol. The number of amides is 1. The molecule has 0 bridgehead atoms. The Hall–Kier alpha value is -1.35. The lowest BCUT2D eigenvalue weighted by Gasteiger charge is -2.31. The van der Waals surface area contributed by atoms with Crippen molar-refractivity contribution < 1.29 is 4.79 Å². The molecule has 0 radical (unpaired) electrons. The van der Waals surface area contributed by atoms with Crippen molar-refractivity contribution >= 4 is 5.91 Å². The fourth-order valence-electron chi connectivity index (χ4n) is 3.79. The van der Waals surface area contributed by atoms with E-state index in [2.05, 4.69) is 17.0 Å². The summed E-state index contributed by atoms with van der Waals surface area (Å²) in [6, 6.07) is 8.70. The van der Waals surface area contributed by atoms with Gasteiger partial charge in [-0.05, 0) is 56.5 Å². The normalized spacial score (nSPS) is 20.2. The standard InChI is InChI=1S/C19H28N2O/c1-20(18-7-3-2-4-8-18)19(22)17-11-9-16(10-12-17)15-21-13-5-6-14-21/h9-12,18H,2-8,13-15H2,1H3. The Morgan fingerprint density at radius 3 is 2.32 bits per heavy atom. The summed E-state index contributed by atoms with van der Waals surface area (Å²) >= 11 is 0. The molecule has 1 saturated heterocycles. The van der Waals surface area contributed by atoms with Gasteiger partial charge in [-0.1, -0.05) is 31.4 Å². The molecule has 1 amide bonds. The van der Waals surface area contributed by atoms with Crippen molar-refractivity contribution in [1.82, 2.24) is 9.80 Å². The molecule has 0 aromatic heterocycles. The van der Waals surface area contributed by atoms with Crippen molar-refractivity contribution in [2.45, 2.75) is 57.5 Å². The van der Waals surface area contributed by atoms with Gasteiger partial charge in [0.15, 0.2) is 0 Å². The van der Waals surface area contributed by atoms with Gasteiger partial charge >= 0.3 is 0 Å². The summed E-state index contributed by atoms with van der Waals surface area (Å²) in [5, 5.41) is 0. The fraction of sp³-hybridized carbons (Fsp3) is 0.632. The van der Waals surface area contributed by atoms with E-state index >= 15 is 0 Å². The van der Waals surface area contributed by atoms with Gasteiger partial charge < -0.3 is 4.90 Å². The molecule has 120 valence electrons. The van der Waals surface area contributed by atoms with Gasteiger partial charge in [-0.3, -0.25) is 9.69 Å². The zero-order chi connectivity index (χ0) is 15.4. The second-order valence-electron chi connectivity index (χ2n) is 6.89. The third kappa shape index (κ3) is 3.70. The van der Waals surface area contributed by atoms with Crippen LogP contribution in [0.4, 0.5) is 0 Å². The van der Waals surface area contributed by atoms with Crippen LogP contribution >= 0.6 is 0 Å². The zero-order valence-corrected chi connectivity index (χ0v) is 13.8. The van der Waals surface area contributed by atoms with E-state index in [0.29, 0.717) is 6.04 Å². The minimum atomic E-state index is 0.180. The second-order valence-corrected chi connectivity index (χ2v) is 6.89. The van der Waals surface area contributed by atoms with E-state index in [1.54, 1.807) is 0 Å². The highest BCUT2D eigenvalue weighted by atomic mass is 16.2. The molecule has 22 heavy (non-hydrogen) atoms. The number of hydrogen-bond donors (Lipinski definition) is 0. The van der Waals surface area contributed by atoms with Crippen LogP contribution in [0.2, 0.25) is 0 Å². The highest BCUT2D eigenvalue weighted by molar-refractivity contribution is 5.94. The summed E-state index contributed by atoms with van der Waals surface area (Å²) in [6.07, 6.45) is 8.81. The van der Waals surface area contributed by atoms with Crippen molar-refractivity contribution in [3.8, 4) is 0 Å². The van der Waals surface area contributed by atoms with E-state index in [1.165, 1.54) is 50.8 Å². The Balaban J connectivity index is 1.59. The number of carbonyl (C=O) groups is 1.